The number of fused-ring (bicyclic) bond motifs is 1. The first-order valence-corrected chi connectivity index (χ1v) is 7.70. The van der Waals surface area contributed by atoms with Crippen LogP contribution in [0.2, 0.25) is 0 Å². The Morgan fingerprint density at radius 2 is 2.26 bits per heavy atom. The first-order chi connectivity index (χ1) is 9.24. The van der Waals surface area contributed by atoms with Crippen LogP contribution < -0.4 is 0 Å². The van der Waals surface area contributed by atoms with Crippen LogP contribution in [0.4, 0.5) is 0 Å². The quantitative estimate of drug-likeness (QED) is 0.693. The molecule has 0 aliphatic carbocycles. The van der Waals surface area contributed by atoms with E-state index < -0.39 is 0 Å². The normalized spacial score (nSPS) is 11.5. The molecule has 0 N–H and O–H groups in total. The fourth-order valence-corrected chi connectivity index (χ4v) is 3.22. The number of hydrogen-bond donors (Lipinski definition) is 0. The lowest BCUT2D eigenvalue weighted by Gasteiger charge is -2.06. The summed E-state index contributed by atoms with van der Waals surface area (Å²) in [7, 11) is 1.96. The topological polar surface area (TPSA) is 35.6 Å². The molecule has 4 nitrogen and oxygen atoms in total. The number of aromatic nitrogens is 4. The molecule has 0 atom stereocenters. The molecule has 0 bridgehead atoms. The Morgan fingerprint density at radius 1 is 1.42 bits per heavy atom. The van der Waals surface area contributed by atoms with E-state index in [0.717, 1.165) is 35.6 Å². The molecule has 19 heavy (non-hydrogen) atoms. The molecule has 100 valence electrons. The summed E-state index contributed by atoms with van der Waals surface area (Å²) in [6.07, 6.45) is 0.883. The van der Waals surface area contributed by atoms with E-state index in [1.54, 1.807) is 11.3 Å². The average molecular weight is 295 g/mol. The Bertz CT molecular complexity index is 696. The minimum absolute atomic E-state index is 0.419. The maximum absolute atomic E-state index is 6.04. The molecule has 6 heteroatoms. The Hall–Kier alpha value is -1.33. The SMILES string of the molecule is CCc1nn(C)c2c1nc(CCl)n2Cc1ccsc1. The number of nitrogens with zero attached hydrogens (tertiary/aromatic N) is 4. The summed E-state index contributed by atoms with van der Waals surface area (Å²) < 4.78 is 4.07. The second kappa shape index (κ2) is 4.98. The number of alkyl halides is 1. The van der Waals surface area contributed by atoms with E-state index in [2.05, 4.69) is 38.4 Å². The second-order valence-corrected chi connectivity index (χ2v) is 5.52. The van der Waals surface area contributed by atoms with Gasteiger partial charge < -0.3 is 4.57 Å². The highest BCUT2D eigenvalue weighted by atomic mass is 35.5. The zero-order valence-corrected chi connectivity index (χ0v) is 12.5. The van der Waals surface area contributed by atoms with Crippen molar-refractivity contribution in [2.75, 3.05) is 0 Å². The molecule has 0 saturated heterocycles. The number of aryl methyl sites for hydroxylation is 2. The van der Waals surface area contributed by atoms with Crippen molar-refractivity contribution in [3.8, 4) is 0 Å². The van der Waals surface area contributed by atoms with Gasteiger partial charge in [-0.2, -0.15) is 16.4 Å². The van der Waals surface area contributed by atoms with E-state index in [4.69, 9.17) is 11.6 Å². The van der Waals surface area contributed by atoms with Gasteiger partial charge in [0.2, 0.25) is 0 Å². The highest BCUT2D eigenvalue weighted by Crippen LogP contribution is 2.22. The van der Waals surface area contributed by atoms with Crippen molar-refractivity contribution >= 4 is 34.1 Å². The van der Waals surface area contributed by atoms with E-state index in [1.165, 1.54) is 5.56 Å². The van der Waals surface area contributed by atoms with Crippen LogP contribution in [0.5, 0.6) is 0 Å². The van der Waals surface area contributed by atoms with E-state index >= 15 is 0 Å². The minimum Gasteiger partial charge on any atom is -0.307 e. The van der Waals surface area contributed by atoms with Gasteiger partial charge in [-0.25, -0.2) is 4.98 Å². The van der Waals surface area contributed by atoms with Crippen molar-refractivity contribution in [3.05, 3.63) is 33.9 Å². The molecule has 3 heterocycles. The molecule has 0 aliphatic heterocycles. The van der Waals surface area contributed by atoms with Crippen molar-refractivity contribution in [1.29, 1.82) is 0 Å². The summed E-state index contributed by atoms with van der Waals surface area (Å²) in [5, 5.41) is 8.77. The van der Waals surface area contributed by atoms with Crippen LogP contribution in [0, 0.1) is 0 Å². The predicted octanol–water partition coefficient (Wildman–Crippen LogP) is 3.18. The van der Waals surface area contributed by atoms with Gasteiger partial charge in [-0.3, -0.25) is 4.68 Å². The van der Waals surface area contributed by atoms with Gasteiger partial charge in [-0.15, -0.1) is 11.6 Å². The smallest absolute Gasteiger partial charge is 0.159 e. The summed E-state index contributed by atoms with van der Waals surface area (Å²) in [6.45, 7) is 2.89. The van der Waals surface area contributed by atoms with E-state index in [0.29, 0.717) is 5.88 Å². The zero-order chi connectivity index (χ0) is 13.4. The van der Waals surface area contributed by atoms with Gasteiger partial charge in [0.05, 0.1) is 18.1 Å². The molecule has 0 spiro atoms. The van der Waals surface area contributed by atoms with Crippen LogP contribution >= 0.6 is 22.9 Å². The fraction of sp³-hybridized carbons (Fsp3) is 0.385. The van der Waals surface area contributed by atoms with Crippen molar-refractivity contribution < 1.29 is 0 Å². The summed E-state index contributed by atoms with van der Waals surface area (Å²) in [5.74, 6) is 1.33. The summed E-state index contributed by atoms with van der Waals surface area (Å²) in [6, 6.07) is 2.13. The summed E-state index contributed by atoms with van der Waals surface area (Å²) in [5.41, 5.74) is 4.34. The monoisotopic (exact) mass is 294 g/mol. The lowest BCUT2D eigenvalue weighted by Crippen LogP contribution is -2.07. The van der Waals surface area contributed by atoms with Gasteiger partial charge in [0.1, 0.15) is 11.3 Å². The molecular weight excluding hydrogens is 280 g/mol. The van der Waals surface area contributed by atoms with Crippen molar-refractivity contribution in [1.82, 2.24) is 19.3 Å². The lowest BCUT2D eigenvalue weighted by atomic mass is 10.3. The van der Waals surface area contributed by atoms with Gasteiger partial charge in [-0.05, 0) is 28.8 Å². The number of rotatable bonds is 4. The Labute approximate surface area is 120 Å². The van der Waals surface area contributed by atoms with Crippen LogP contribution in [-0.2, 0) is 25.9 Å². The average Bonchev–Trinajstić information content (AvgIpc) is 3.09. The number of hydrogen-bond acceptors (Lipinski definition) is 3. The fourth-order valence-electron chi connectivity index (χ4n) is 2.36. The molecule has 3 rings (SSSR count). The second-order valence-electron chi connectivity index (χ2n) is 4.48. The third-order valence-electron chi connectivity index (χ3n) is 3.25. The van der Waals surface area contributed by atoms with Crippen molar-refractivity contribution in [3.63, 3.8) is 0 Å². The van der Waals surface area contributed by atoms with E-state index in [1.807, 2.05) is 11.7 Å². The first-order valence-electron chi connectivity index (χ1n) is 6.22. The summed E-state index contributed by atoms with van der Waals surface area (Å²) in [4.78, 5) is 4.65. The molecule has 0 aromatic carbocycles. The highest BCUT2D eigenvalue weighted by molar-refractivity contribution is 7.07. The maximum Gasteiger partial charge on any atom is 0.159 e. The van der Waals surface area contributed by atoms with Gasteiger partial charge in [0, 0.05) is 7.05 Å². The number of halogens is 1. The molecule has 3 aromatic rings. The standard InChI is InChI=1S/C13H15ClN4S/c1-3-10-12-13(17(2)16-10)18(11(6-14)15-12)7-9-4-5-19-8-9/h4-5,8H,3,6-7H2,1-2H3. The third kappa shape index (κ3) is 2.07. The number of imidazole rings is 1. The predicted molar refractivity (Wildman–Crippen MR) is 78.9 cm³/mol. The van der Waals surface area contributed by atoms with Crippen molar-refractivity contribution in [2.45, 2.75) is 25.8 Å². The molecule has 0 fully saturated rings. The minimum atomic E-state index is 0.419. The van der Waals surface area contributed by atoms with Crippen LogP contribution in [0.15, 0.2) is 16.8 Å². The van der Waals surface area contributed by atoms with Crippen LogP contribution in [-0.4, -0.2) is 19.3 Å². The molecule has 3 aromatic heterocycles. The molecule has 0 aliphatic rings. The third-order valence-corrected chi connectivity index (χ3v) is 4.22. The molecule has 0 saturated carbocycles. The van der Waals surface area contributed by atoms with Gasteiger partial charge in [0.25, 0.3) is 0 Å². The van der Waals surface area contributed by atoms with Crippen LogP contribution in [0.25, 0.3) is 11.2 Å². The zero-order valence-electron chi connectivity index (χ0n) is 10.9. The van der Waals surface area contributed by atoms with E-state index in [-0.39, 0.29) is 0 Å². The Balaban J connectivity index is 2.17. The maximum atomic E-state index is 6.04. The molecular formula is C13H15ClN4S. The number of thiophene rings is 1. The van der Waals surface area contributed by atoms with Crippen LogP contribution in [0.1, 0.15) is 24.0 Å². The summed E-state index contributed by atoms with van der Waals surface area (Å²) >= 11 is 7.74. The van der Waals surface area contributed by atoms with Gasteiger partial charge >= 0.3 is 0 Å². The Morgan fingerprint density at radius 3 is 2.89 bits per heavy atom. The van der Waals surface area contributed by atoms with Crippen molar-refractivity contribution in [2.24, 2.45) is 7.05 Å². The van der Waals surface area contributed by atoms with Gasteiger partial charge in [-0.1, -0.05) is 6.92 Å². The van der Waals surface area contributed by atoms with Gasteiger partial charge in [0.15, 0.2) is 5.65 Å². The van der Waals surface area contributed by atoms with E-state index in [9.17, 15) is 0 Å². The Kier molecular flexibility index (Phi) is 3.33. The molecule has 0 amide bonds. The molecule has 0 radical (unpaired) electrons. The lowest BCUT2D eigenvalue weighted by molar-refractivity contribution is 0.698. The largest absolute Gasteiger partial charge is 0.307 e. The first kappa shape index (κ1) is 12.7. The van der Waals surface area contributed by atoms with Crippen LogP contribution in [0.3, 0.4) is 0 Å². The molecule has 0 unspecified atom stereocenters. The highest BCUT2D eigenvalue weighted by Gasteiger charge is 2.18.